The molecule has 7 heteroatoms. The van der Waals surface area contributed by atoms with Crippen LogP contribution in [0.1, 0.15) is 15.9 Å². The number of anilines is 1. The van der Waals surface area contributed by atoms with Crippen molar-refractivity contribution in [2.24, 2.45) is 0 Å². The van der Waals surface area contributed by atoms with Crippen molar-refractivity contribution in [2.45, 2.75) is 6.54 Å². The predicted octanol–water partition coefficient (Wildman–Crippen LogP) is 1.82. The zero-order valence-electron chi connectivity index (χ0n) is 9.21. The number of aromatic nitrogens is 2. The second kappa shape index (κ2) is 5.18. The number of nitrogens with zero attached hydrogens (tertiary/aromatic N) is 1. The third-order valence-electron chi connectivity index (χ3n) is 2.32. The lowest BCUT2D eigenvalue weighted by Crippen LogP contribution is -2.23. The molecule has 0 spiro atoms. The molecular formula is C11H10BrFN4O. The number of halogens is 2. The summed E-state index contributed by atoms with van der Waals surface area (Å²) in [7, 11) is 0. The van der Waals surface area contributed by atoms with Gasteiger partial charge in [0.15, 0.2) is 0 Å². The Balaban J connectivity index is 2.06. The minimum atomic E-state index is -0.475. The number of aromatic amines is 1. The van der Waals surface area contributed by atoms with Crippen molar-refractivity contribution in [1.82, 2.24) is 15.5 Å². The van der Waals surface area contributed by atoms with E-state index in [1.54, 1.807) is 0 Å². The van der Waals surface area contributed by atoms with Gasteiger partial charge in [-0.05, 0) is 18.2 Å². The van der Waals surface area contributed by atoms with Crippen molar-refractivity contribution in [2.75, 3.05) is 5.73 Å². The van der Waals surface area contributed by atoms with Crippen LogP contribution in [0, 0.1) is 5.82 Å². The van der Waals surface area contributed by atoms with Gasteiger partial charge in [0, 0.05) is 22.1 Å². The molecule has 94 valence electrons. The molecule has 0 aliphatic carbocycles. The SMILES string of the molecule is Nc1[nH]ncc1CNC(=O)c1cc(F)cc(Br)c1. The Morgan fingerprint density at radius 3 is 2.89 bits per heavy atom. The molecule has 1 heterocycles. The number of benzene rings is 1. The van der Waals surface area contributed by atoms with E-state index in [1.807, 2.05) is 0 Å². The Bertz CT molecular complexity index is 564. The number of hydrogen-bond donors (Lipinski definition) is 3. The highest BCUT2D eigenvalue weighted by molar-refractivity contribution is 9.10. The molecule has 1 aromatic heterocycles. The van der Waals surface area contributed by atoms with Crippen LogP contribution in [0.2, 0.25) is 0 Å². The first-order valence-electron chi connectivity index (χ1n) is 5.08. The highest BCUT2D eigenvalue weighted by atomic mass is 79.9. The van der Waals surface area contributed by atoms with Gasteiger partial charge in [-0.15, -0.1) is 0 Å². The Morgan fingerprint density at radius 2 is 2.28 bits per heavy atom. The summed E-state index contributed by atoms with van der Waals surface area (Å²) in [6.07, 6.45) is 1.52. The van der Waals surface area contributed by atoms with Gasteiger partial charge in [0.05, 0.1) is 6.20 Å². The first-order valence-corrected chi connectivity index (χ1v) is 5.87. The summed E-state index contributed by atoms with van der Waals surface area (Å²) in [6.45, 7) is 0.231. The van der Waals surface area contributed by atoms with Gasteiger partial charge in [-0.1, -0.05) is 15.9 Å². The molecule has 0 atom stereocenters. The van der Waals surface area contributed by atoms with E-state index in [9.17, 15) is 9.18 Å². The highest BCUT2D eigenvalue weighted by Gasteiger charge is 2.09. The number of amides is 1. The predicted molar refractivity (Wildman–Crippen MR) is 68.3 cm³/mol. The summed E-state index contributed by atoms with van der Waals surface area (Å²) < 4.78 is 13.6. The van der Waals surface area contributed by atoms with Gasteiger partial charge in [-0.3, -0.25) is 9.89 Å². The monoisotopic (exact) mass is 312 g/mol. The van der Waals surface area contributed by atoms with Crippen LogP contribution in [0.25, 0.3) is 0 Å². The van der Waals surface area contributed by atoms with Gasteiger partial charge in [0.1, 0.15) is 11.6 Å². The average Bonchev–Trinajstić information content (AvgIpc) is 2.70. The van der Waals surface area contributed by atoms with Crippen LogP contribution in [0.4, 0.5) is 10.2 Å². The normalized spacial score (nSPS) is 10.3. The first-order chi connectivity index (χ1) is 8.56. The van der Waals surface area contributed by atoms with E-state index < -0.39 is 5.82 Å². The summed E-state index contributed by atoms with van der Waals surface area (Å²) >= 11 is 3.13. The fourth-order valence-corrected chi connectivity index (χ4v) is 1.89. The van der Waals surface area contributed by atoms with E-state index in [1.165, 1.54) is 24.4 Å². The second-order valence-corrected chi connectivity index (χ2v) is 4.57. The largest absolute Gasteiger partial charge is 0.384 e. The lowest BCUT2D eigenvalue weighted by Gasteiger charge is -2.05. The molecule has 0 unspecified atom stereocenters. The molecule has 0 bridgehead atoms. The maximum Gasteiger partial charge on any atom is 0.251 e. The van der Waals surface area contributed by atoms with Crippen LogP contribution >= 0.6 is 15.9 Å². The lowest BCUT2D eigenvalue weighted by atomic mass is 10.2. The van der Waals surface area contributed by atoms with Gasteiger partial charge >= 0.3 is 0 Å². The third-order valence-corrected chi connectivity index (χ3v) is 2.77. The van der Waals surface area contributed by atoms with E-state index in [0.717, 1.165) is 0 Å². The summed E-state index contributed by atoms with van der Waals surface area (Å²) in [4.78, 5) is 11.8. The number of nitrogen functional groups attached to an aromatic ring is 1. The van der Waals surface area contributed by atoms with E-state index in [4.69, 9.17) is 5.73 Å². The van der Waals surface area contributed by atoms with Crippen LogP contribution in [-0.4, -0.2) is 16.1 Å². The zero-order chi connectivity index (χ0) is 13.1. The van der Waals surface area contributed by atoms with Gasteiger partial charge < -0.3 is 11.1 Å². The van der Waals surface area contributed by atoms with Gasteiger partial charge in [-0.25, -0.2) is 4.39 Å². The van der Waals surface area contributed by atoms with Crippen molar-refractivity contribution in [3.63, 3.8) is 0 Å². The lowest BCUT2D eigenvalue weighted by molar-refractivity contribution is 0.0950. The Hall–Kier alpha value is -1.89. The van der Waals surface area contributed by atoms with Crippen LogP contribution in [0.15, 0.2) is 28.9 Å². The molecule has 0 saturated heterocycles. The molecular weight excluding hydrogens is 303 g/mol. The van der Waals surface area contributed by atoms with E-state index in [0.29, 0.717) is 15.9 Å². The molecule has 1 aromatic carbocycles. The first kappa shape index (κ1) is 12.6. The van der Waals surface area contributed by atoms with Crippen LogP contribution in [0.5, 0.6) is 0 Å². The highest BCUT2D eigenvalue weighted by Crippen LogP contribution is 2.15. The van der Waals surface area contributed by atoms with Crippen LogP contribution in [0.3, 0.4) is 0 Å². The third kappa shape index (κ3) is 2.86. The minimum Gasteiger partial charge on any atom is -0.384 e. The fraction of sp³-hybridized carbons (Fsp3) is 0.0909. The van der Waals surface area contributed by atoms with E-state index in [2.05, 4.69) is 31.4 Å². The Morgan fingerprint density at radius 1 is 1.50 bits per heavy atom. The minimum absolute atomic E-state index is 0.231. The van der Waals surface area contributed by atoms with E-state index >= 15 is 0 Å². The van der Waals surface area contributed by atoms with Crippen molar-refractivity contribution in [3.8, 4) is 0 Å². The quantitative estimate of drug-likeness (QED) is 0.808. The fourth-order valence-electron chi connectivity index (χ4n) is 1.42. The second-order valence-electron chi connectivity index (χ2n) is 3.65. The molecule has 5 nitrogen and oxygen atoms in total. The number of rotatable bonds is 3. The maximum absolute atomic E-state index is 13.1. The molecule has 0 fully saturated rings. The summed E-state index contributed by atoms with van der Waals surface area (Å²) in [5.74, 6) is -0.455. The Kier molecular flexibility index (Phi) is 3.61. The average molecular weight is 313 g/mol. The maximum atomic E-state index is 13.1. The number of carbonyl (C=O) groups is 1. The van der Waals surface area contributed by atoms with E-state index in [-0.39, 0.29) is 18.0 Å². The van der Waals surface area contributed by atoms with Crippen molar-refractivity contribution in [3.05, 3.63) is 45.8 Å². The Labute approximate surface area is 111 Å². The topological polar surface area (TPSA) is 83.8 Å². The number of H-pyrrole nitrogens is 1. The number of carbonyl (C=O) groups excluding carboxylic acids is 1. The molecule has 0 aliphatic heterocycles. The molecule has 2 rings (SSSR count). The number of nitrogens with one attached hydrogen (secondary N) is 2. The number of hydrogen-bond acceptors (Lipinski definition) is 3. The van der Waals surface area contributed by atoms with Crippen molar-refractivity contribution < 1.29 is 9.18 Å². The molecule has 4 N–H and O–H groups in total. The summed E-state index contributed by atoms with van der Waals surface area (Å²) in [5.41, 5.74) is 6.50. The molecule has 0 aliphatic rings. The zero-order valence-corrected chi connectivity index (χ0v) is 10.8. The standard InChI is InChI=1S/C11H10BrFN4O/c12-8-1-6(2-9(13)3-8)11(18)15-4-7-5-16-17-10(7)14/h1-3,5H,4H2,(H,15,18)(H3,14,16,17). The van der Waals surface area contributed by atoms with Crippen molar-refractivity contribution in [1.29, 1.82) is 0 Å². The molecule has 0 radical (unpaired) electrons. The smallest absolute Gasteiger partial charge is 0.251 e. The van der Waals surface area contributed by atoms with Gasteiger partial charge in [0.25, 0.3) is 5.91 Å². The van der Waals surface area contributed by atoms with Crippen LogP contribution in [-0.2, 0) is 6.54 Å². The molecule has 1 amide bonds. The summed E-state index contributed by atoms with van der Waals surface area (Å²) in [5, 5.41) is 8.92. The van der Waals surface area contributed by atoms with Gasteiger partial charge in [-0.2, -0.15) is 5.10 Å². The summed E-state index contributed by atoms with van der Waals surface area (Å²) in [6, 6.07) is 3.99. The van der Waals surface area contributed by atoms with Crippen molar-refractivity contribution >= 4 is 27.7 Å². The molecule has 2 aromatic rings. The molecule has 0 saturated carbocycles. The number of nitrogens with two attached hydrogens (primary N) is 1. The van der Waals surface area contributed by atoms with Crippen LogP contribution < -0.4 is 11.1 Å². The molecule has 18 heavy (non-hydrogen) atoms. The van der Waals surface area contributed by atoms with Gasteiger partial charge in [0.2, 0.25) is 0 Å².